The summed E-state index contributed by atoms with van der Waals surface area (Å²) >= 11 is 6.06. The lowest BCUT2D eigenvalue weighted by atomic mass is 10.2. The number of aliphatic hydroxyl groups is 1. The molecule has 0 radical (unpaired) electrons. The summed E-state index contributed by atoms with van der Waals surface area (Å²) in [6.07, 6.45) is 0. The van der Waals surface area contributed by atoms with Crippen LogP contribution in [-0.2, 0) is 17.9 Å². The molecule has 0 spiro atoms. The van der Waals surface area contributed by atoms with Gasteiger partial charge >= 0.3 is 0 Å². The number of hydrogen-bond acceptors (Lipinski definition) is 4. The molecule has 4 nitrogen and oxygen atoms in total. The van der Waals surface area contributed by atoms with Crippen LogP contribution in [0.5, 0.6) is 5.75 Å². The quantitative estimate of drug-likeness (QED) is 0.644. The molecule has 0 heterocycles. The molecule has 0 atom stereocenters. The van der Waals surface area contributed by atoms with Crippen LogP contribution >= 0.6 is 11.6 Å². The first kappa shape index (κ1) is 18.7. The molecule has 0 aromatic heterocycles. The van der Waals surface area contributed by atoms with Gasteiger partial charge in [-0.15, -0.1) is 0 Å². The monoisotopic (exact) mass is 353 g/mol. The number of aliphatic hydroxyl groups excluding tert-OH is 1. The Bertz CT molecular complexity index is 622. The third-order valence-corrected chi connectivity index (χ3v) is 3.54. The predicted octanol–water partition coefficient (Wildman–Crippen LogP) is 3.16. The van der Waals surface area contributed by atoms with Crippen molar-refractivity contribution in [2.24, 2.45) is 0 Å². The minimum absolute atomic E-state index is 0.0235. The molecule has 0 amide bonds. The van der Waals surface area contributed by atoms with Crippen LogP contribution in [0, 0.1) is 5.82 Å². The van der Waals surface area contributed by atoms with E-state index in [-0.39, 0.29) is 12.4 Å². The summed E-state index contributed by atoms with van der Waals surface area (Å²) in [6, 6.07) is 11.7. The summed E-state index contributed by atoms with van der Waals surface area (Å²) in [5.74, 6) is 0.464. The normalized spacial score (nSPS) is 10.8. The Kier molecular flexibility index (Phi) is 7.98. The van der Waals surface area contributed by atoms with Crippen molar-refractivity contribution in [1.29, 1.82) is 0 Å². The third kappa shape index (κ3) is 6.45. The Morgan fingerprint density at radius 3 is 2.62 bits per heavy atom. The fourth-order valence-corrected chi connectivity index (χ4v) is 2.30. The van der Waals surface area contributed by atoms with E-state index >= 15 is 0 Å². The average Bonchev–Trinajstić information content (AvgIpc) is 2.58. The van der Waals surface area contributed by atoms with E-state index in [1.165, 1.54) is 12.1 Å². The lowest BCUT2D eigenvalue weighted by molar-refractivity contribution is 0.0937. The molecule has 0 aliphatic heterocycles. The van der Waals surface area contributed by atoms with E-state index < -0.39 is 0 Å². The van der Waals surface area contributed by atoms with Crippen LogP contribution in [0.25, 0.3) is 0 Å². The molecule has 0 unspecified atom stereocenters. The average molecular weight is 354 g/mol. The molecule has 0 fully saturated rings. The molecule has 2 rings (SSSR count). The Balaban J connectivity index is 1.88. The maximum absolute atomic E-state index is 12.9. The topological polar surface area (TPSA) is 50.7 Å². The molecule has 2 aromatic rings. The van der Waals surface area contributed by atoms with Crippen molar-refractivity contribution >= 4 is 11.6 Å². The standard InChI is InChI=1S/C18H21ClFNO3/c19-16-3-6-18(24-13-14-1-4-17(20)5-2-14)15(11-16)12-21-7-9-23-10-8-22/h1-6,11,21-22H,7-10,12-13H2. The van der Waals surface area contributed by atoms with Crippen molar-refractivity contribution in [3.05, 3.63) is 64.4 Å². The van der Waals surface area contributed by atoms with Crippen LogP contribution in [-0.4, -0.2) is 31.5 Å². The van der Waals surface area contributed by atoms with Gasteiger partial charge in [0, 0.05) is 23.7 Å². The summed E-state index contributed by atoms with van der Waals surface area (Å²) in [5.41, 5.74) is 1.83. The van der Waals surface area contributed by atoms with E-state index in [2.05, 4.69) is 5.32 Å². The molecule has 0 aliphatic carbocycles. The number of ether oxygens (including phenoxy) is 2. The first-order valence-corrected chi connectivity index (χ1v) is 8.12. The van der Waals surface area contributed by atoms with Crippen molar-refractivity contribution in [3.8, 4) is 5.75 Å². The van der Waals surface area contributed by atoms with Crippen molar-refractivity contribution in [3.63, 3.8) is 0 Å². The van der Waals surface area contributed by atoms with Crippen molar-refractivity contribution in [2.45, 2.75) is 13.2 Å². The Morgan fingerprint density at radius 1 is 1.08 bits per heavy atom. The number of benzene rings is 2. The number of halogens is 2. The van der Waals surface area contributed by atoms with Gasteiger partial charge in [-0.05, 0) is 35.9 Å². The van der Waals surface area contributed by atoms with E-state index in [0.717, 1.165) is 16.9 Å². The highest BCUT2D eigenvalue weighted by Crippen LogP contribution is 2.24. The Labute approximate surface area is 146 Å². The van der Waals surface area contributed by atoms with Crippen LogP contribution in [0.3, 0.4) is 0 Å². The summed E-state index contributed by atoms with van der Waals surface area (Å²) in [5, 5.41) is 12.5. The number of nitrogens with one attached hydrogen (secondary N) is 1. The van der Waals surface area contributed by atoms with Crippen molar-refractivity contribution in [1.82, 2.24) is 5.32 Å². The van der Waals surface area contributed by atoms with Gasteiger partial charge < -0.3 is 19.9 Å². The van der Waals surface area contributed by atoms with Crippen LogP contribution in [0.15, 0.2) is 42.5 Å². The smallest absolute Gasteiger partial charge is 0.124 e. The molecular weight excluding hydrogens is 333 g/mol. The van der Waals surface area contributed by atoms with Gasteiger partial charge in [-0.25, -0.2) is 4.39 Å². The lowest BCUT2D eigenvalue weighted by Crippen LogP contribution is -2.20. The fraction of sp³-hybridized carbons (Fsp3) is 0.333. The molecular formula is C18H21ClFNO3. The van der Waals surface area contributed by atoms with E-state index in [1.807, 2.05) is 12.1 Å². The molecule has 0 saturated heterocycles. The molecule has 2 N–H and O–H groups in total. The van der Waals surface area contributed by atoms with Crippen LogP contribution < -0.4 is 10.1 Å². The molecule has 6 heteroatoms. The number of rotatable bonds is 10. The van der Waals surface area contributed by atoms with E-state index in [4.69, 9.17) is 26.2 Å². The predicted molar refractivity (Wildman–Crippen MR) is 91.8 cm³/mol. The van der Waals surface area contributed by atoms with Gasteiger partial charge in [0.2, 0.25) is 0 Å². The van der Waals surface area contributed by atoms with Gasteiger partial charge in [0.1, 0.15) is 18.2 Å². The van der Waals surface area contributed by atoms with Crippen molar-refractivity contribution in [2.75, 3.05) is 26.4 Å². The summed E-state index contributed by atoms with van der Waals surface area (Å²) in [4.78, 5) is 0. The maximum atomic E-state index is 12.9. The first-order chi connectivity index (χ1) is 11.7. The Hall–Kier alpha value is -1.66. The fourth-order valence-electron chi connectivity index (χ4n) is 2.10. The summed E-state index contributed by atoms with van der Waals surface area (Å²) < 4.78 is 23.9. The van der Waals surface area contributed by atoms with E-state index in [1.54, 1.807) is 18.2 Å². The van der Waals surface area contributed by atoms with E-state index in [9.17, 15) is 4.39 Å². The van der Waals surface area contributed by atoms with Gasteiger partial charge in [0.15, 0.2) is 0 Å². The SMILES string of the molecule is OCCOCCNCc1cc(Cl)ccc1OCc1ccc(F)cc1. The molecule has 24 heavy (non-hydrogen) atoms. The molecule has 130 valence electrons. The highest BCUT2D eigenvalue weighted by atomic mass is 35.5. The molecule has 2 aromatic carbocycles. The second-order valence-corrected chi connectivity index (χ2v) is 5.62. The first-order valence-electron chi connectivity index (χ1n) is 7.74. The highest BCUT2D eigenvalue weighted by molar-refractivity contribution is 6.30. The highest BCUT2D eigenvalue weighted by Gasteiger charge is 2.06. The second-order valence-electron chi connectivity index (χ2n) is 5.18. The molecule has 0 saturated carbocycles. The third-order valence-electron chi connectivity index (χ3n) is 3.30. The minimum atomic E-state index is -0.265. The summed E-state index contributed by atoms with van der Waals surface area (Å²) in [6.45, 7) is 2.48. The summed E-state index contributed by atoms with van der Waals surface area (Å²) in [7, 11) is 0. The molecule has 0 bridgehead atoms. The van der Waals surface area contributed by atoms with Gasteiger partial charge in [-0.2, -0.15) is 0 Å². The van der Waals surface area contributed by atoms with Gasteiger partial charge in [-0.1, -0.05) is 23.7 Å². The zero-order valence-electron chi connectivity index (χ0n) is 13.3. The van der Waals surface area contributed by atoms with Crippen molar-refractivity contribution < 1.29 is 19.0 Å². The van der Waals surface area contributed by atoms with Gasteiger partial charge in [0.25, 0.3) is 0 Å². The van der Waals surface area contributed by atoms with E-state index in [0.29, 0.717) is 37.9 Å². The van der Waals surface area contributed by atoms with Gasteiger partial charge in [-0.3, -0.25) is 0 Å². The van der Waals surface area contributed by atoms with Crippen LogP contribution in [0.1, 0.15) is 11.1 Å². The lowest BCUT2D eigenvalue weighted by Gasteiger charge is -2.13. The Morgan fingerprint density at radius 2 is 1.88 bits per heavy atom. The minimum Gasteiger partial charge on any atom is -0.489 e. The zero-order valence-corrected chi connectivity index (χ0v) is 14.1. The maximum Gasteiger partial charge on any atom is 0.124 e. The van der Waals surface area contributed by atoms with Crippen LogP contribution in [0.4, 0.5) is 4.39 Å². The zero-order chi connectivity index (χ0) is 17.2. The molecule has 0 aliphatic rings. The number of hydrogen-bond donors (Lipinski definition) is 2. The van der Waals surface area contributed by atoms with Gasteiger partial charge in [0.05, 0.1) is 19.8 Å². The van der Waals surface area contributed by atoms with Crippen LogP contribution in [0.2, 0.25) is 5.02 Å². The largest absolute Gasteiger partial charge is 0.489 e. The second kappa shape index (κ2) is 10.3.